The van der Waals surface area contributed by atoms with Crippen LogP contribution in [0.3, 0.4) is 0 Å². The summed E-state index contributed by atoms with van der Waals surface area (Å²) in [5.41, 5.74) is 0.598. The van der Waals surface area contributed by atoms with Crippen LogP contribution >= 0.6 is 0 Å². The first-order valence-corrected chi connectivity index (χ1v) is 8.54. The number of nitrogens with zero attached hydrogens (tertiary/aromatic N) is 1. The van der Waals surface area contributed by atoms with Crippen LogP contribution in [0.25, 0.3) is 0 Å². The quantitative estimate of drug-likeness (QED) is 0.687. The summed E-state index contributed by atoms with van der Waals surface area (Å²) in [6.07, 6.45) is 3.97. The molecule has 1 aromatic carbocycles. The first kappa shape index (κ1) is 17.4. The van der Waals surface area contributed by atoms with E-state index < -0.39 is 5.92 Å². The highest BCUT2D eigenvalue weighted by atomic mass is 16.2. The molecule has 0 N–H and O–H groups in total. The molecule has 1 heterocycles. The number of rotatable bonds is 8. The molecule has 0 bridgehead atoms. The van der Waals surface area contributed by atoms with Gasteiger partial charge in [-0.2, -0.15) is 0 Å². The van der Waals surface area contributed by atoms with E-state index in [4.69, 9.17) is 0 Å². The molecule has 0 saturated carbocycles. The van der Waals surface area contributed by atoms with Gasteiger partial charge in [0, 0.05) is 18.8 Å². The molecule has 1 fully saturated rings. The third-order valence-corrected chi connectivity index (χ3v) is 4.47. The van der Waals surface area contributed by atoms with Gasteiger partial charge in [0.2, 0.25) is 11.8 Å². The largest absolute Gasteiger partial charge is 0.299 e. The number of para-hydroxylation sites is 1. The Morgan fingerprint density at radius 3 is 2.48 bits per heavy atom. The van der Waals surface area contributed by atoms with Gasteiger partial charge < -0.3 is 0 Å². The maximum absolute atomic E-state index is 12.8. The highest BCUT2D eigenvalue weighted by Gasteiger charge is 2.45. The summed E-state index contributed by atoms with van der Waals surface area (Å²) in [6.45, 7) is 4.06. The summed E-state index contributed by atoms with van der Waals surface area (Å²) >= 11 is 0. The number of Topliss-reactive ketones (excluding diaryl/α,β-unsaturated/α-hetero) is 1. The van der Waals surface area contributed by atoms with Gasteiger partial charge in [-0.05, 0) is 25.0 Å². The Bertz CT molecular complexity index is 567. The molecular weight excluding hydrogens is 290 g/mol. The van der Waals surface area contributed by atoms with Crippen molar-refractivity contribution in [2.75, 3.05) is 4.90 Å². The summed E-state index contributed by atoms with van der Waals surface area (Å²) in [5.74, 6) is -1.10. The summed E-state index contributed by atoms with van der Waals surface area (Å²) in [7, 11) is 0. The summed E-state index contributed by atoms with van der Waals surface area (Å²) in [6, 6.07) is 8.97. The molecule has 2 amide bonds. The fourth-order valence-electron chi connectivity index (χ4n) is 3.25. The minimum Gasteiger partial charge on any atom is -0.299 e. The Balaban J connectivity index is 2.20. The van der Waals surface area contributed by atoms with Gasteiger partial charge in [-0.15, -0.1) is 0 Å². The highest BCUT2D eigenvalue weighted by molar-refractivity contribution is 6.21. The normalized spacial score (nSPS) is 19.2. The highest BCUT2D eigenvalue weighted by Crippen LogP contribution is 2.34. The number of hydrogen-bond donors (Lipinski definition) is 0. The molecule has 1 aromatic rings. The molecule has 1 saturated heterocycles. The van der Waals surface area contributed by atoms with E-state index in [1.807, 2.05) is 19.9 Å². The fraction of sp³-hybridized carbons (Fsp3) is 0.526. The van der Waals surface area contributed by atoms with Crippen LogP contribution in [-0.2, 0) is 14.4 Å². The van der Waals surface area contributed by atoms with Crippen molar-refractivity contribution < 1.29 is 14.4 Å². The molecule has 2 rings (SSSR count). The van der Waals surface area contributed by atoms with Crippen molar-refractivity contribution in [2.24, 2.45) is 11.8 Å². The Morgan fingerprint density at radius 2 is 1.87 bits per heavy atom. The lowest BCUT2D eigenvalue weighted by Crippen LogP contribution is -2.34. The number of imide groups is 1. The zero-order valence-corrected chi connectivity index (χ0v) is 14.0. The molecule has 2 atom stereocenters. The van der Waals surface area contributed by atoms with Crippen LogP contribution in [0.15, 0.2) is 30.3 Å². The van der Waals surface area contributed by atoms with Gasteiger partial charge >= 0.3 is 0 Å². The molecule has 0 radical (unpaired) electrons. The van der Waals surface area contributed by atoms with Crippen molar-refractivity contribution in [2.45, 2.75) is 52.4 Å². The molecule has 1 aliphatic rings. The van der Waals surface area contributed by atoms with Crippen LogP contribution in [0.5, 0.6) is 0 Å². The lowest BCUT2D eigenvalue weighted by Gasteiger charge is -2.21. The third kappa shape index (κ3) is 3.87. The number of ketones is 1. The predicted octanol–water partition coefficient (Wildman–Crippen LogP) is 3.74. The van der Waals surface area contributed by atoms with E-state index in [9.17, 15) is 14.4 Å². The molecule has 1 aliphatic heterocycles. The van der Waals surface area contributed by atoms with E-state index in [0.717, 1.165) is 19.3 Å². The van der Waals surface area contributed by atoms with Gasteiger partial charge in [0.25, 0.3) is 0 Å². The molecule has 124 valence electrons. The number of benzene rings is 1. The third-order valence-electron chi connectivity index (χ3n) is 4.47. The van der Waals surface area contributed by atoms with Crippen molar-refractivity contribution in [1.82, 2.24) is 0 Å². The average Bonchev–Trinajstić information content (AvgIpc) is 2.85. The number of amides is 2. The Labute approximate surface area is 137 Å². The number of hydrogen-bond acceptors (Lipinski definition) is 3. The molecule has 0 spiro atoms. The second-order valence-corrected chi connectivity index (χ2v) is 6.18. The van der Waals surface area contributed by atoms with E-state index in [-0.39, 0.29) is 29.9 Å². The van der Waals surface area contributed by atoms with Crippen LogP contribution in [0, 0.1) is 11.8 Å². The molecular formula is C19H25NO3. The van der Waals surface area contributed by atoms with Crippen LogP contribution in [0.1, 0.15) is 52.4 Å². The van der Waals surface area contributed by atoms with E-state index >= 15 is 0 Å². The Hall–Kier alpha value is -1.97. The van der Waals surface area contributed by atoms with Crippen molar-refractivity contribution >= 4 is 23.3 Å². The maximum Gasteiger partial charge on any atom is 0.238 e. The predicted molar refractivity (Wildman–Crippen MR) is 90.0 cm³/mol. The number of unbranched alkanes of at least 4 members (excludes halogenated alkanes) is 1. The monoisotopic (exact) mass is 315 g/mol. The second kappa shape index (κ2) is 8.04. The first-order valence-electron chi connectivity index (χ1n) is 8.54. The smallest absolute Gasteiger partial charge is 0.238 e. The van der Waals surface area contributed by atoms with Gasteiger partial charge in [-0.1, -0.05) is 44.9 Å². The molecule has 4 nitrogen and oxygen atoms in total. The molecule has 0 aliphatic carbocycles. The lowest BCUT2D eigenvalue weighted by atomic mass is 9.82. The topological polar surface area (TPSA) is 54.5 Å². The Kier molecular flexibility index (Phi) is 6.08. The van der Waals surface area contributed by atoms with Crippen molar-refractivity contribution in [1.29, 1.82) is 0 Å². The SMILES string of the molecule is CCCCC(=O)C(CCC)C1CC(=O)N(c2ccccc2)C1=O. The van der Waals surface area contributed by atoms with Crippen LogP contribution in [-0.4, -0.2) is 17.6 Å². The maximum atomic E-state index is 12.8. The summed E-state index contributed by atoms with van der Waals surface area (Å²) < 4.78 is 0. The minimum atomic E-state index is -0.494. The summed E-state index contributed by atoms with van der Waals surface area (Å²) in [5, 5.41) is 0. The zero-order chi connectivity index (χ0) is 16.8. The van der Waals surface area contributed by atoms with Gasteiger partial charge in [0.15, 0.2) is 0 Å². The first-order chi connectivity index (χ1) is 11.1. The number of carbonyl (C=O) groups excluding carboxylic acids is 3. The molecule has 2 unspecified atom stereocenters. The number of anilines is 1. The van der Waals surface area contributed by atoms with Gasteiger partial charge in [0.1, 0.15) is 5.78 Å². The Morgan fingerprint density at radius 1 is 1.17 bits per heavy atom. The van der Waals surface area contributed by atoms with Gasteiger partial charge in [0.05, 0.1) is 11.6 Å². The zero-order valence-electron chi connectivity index (χ0n) is 14.0. The van der Waals surface area contributed by atoms with Gasteiger partial charge in [-0.3, -0.25) is 19.3 Å². The van der Waals surface area contributed by atoms with E-state index in [0.29, 0.717) is 18.5 Å². The lowest BCUT2D eigenvalue weighted by molar-refractivity contribution is -0.131. The minimum absolute atomic E-state index is 0.134. The molecule has 4 heteroatoms. The second-order valence-electron chi connectivity index (χ2n) is 6.18. The van der Waals surface area contributed by atoms with Crippen molar-refractivity contribution in [3.8, 4) is 0 Å². The van der Waals surface area contributed by atoms with Crippen molar-refractivity contribution in [3.05, 3.63) is 30.3 Å². The van der Waals surface area contributed by atoms with E-state index in [2.05, 4.69) is 0 Å². The fourth-order valence-corrected chi connectivity index (χ4v) is 3.25. The van der Waals surface area contributed by atoms with Crippen LogP contribution in [0.2, 0.25) is 0 Å². The average molecular weight is 315 g/mol. The standard InChI is InChI=1S/C19H25NO3/c1-3-5-12-17(21)15(9-4-2)16-13-18(22)20(19(16)23)14-10-7-6-8-11-14/h6-8,10-11,15-16H,3-5,9,12-13H2,1-2H3. The van der Waals surface area contributed by atoms with Gasteiger partial charge in [-0.25, -0.2) is 0 Å². The molecule has 23 heavy (non-hydrogen) atoms. The van der Waals surface area contributed by atoms with Crippen LogP contribution < -0.4 is 4.90 Å². The summed E-state index contributed by atoms with van der Waals surface area (Å²) in [4.78, 5) is 38.8. The van der Waals surface area contributed by atoms with E-state index in [1.54, 1.807) is 24.3 Å². The number of carbonyl (C=O) groups is 3. The van der Waals surface area contributed by atoms with Crippen LogP contribution in [0.4, 0.5) is 5.69 Å². The van der Waals surface area contributed by atoms with E-state index in [1.165, 1.54) is 4.90 Å². The molecule has 0 aromatic heterocycles. The van der Waals surface area contributed by atoms with Crippen molar-refractivity contribution in [3.63, 3.8) is 0 Å².